The van der Waals surface area contributed by atoms with Gasteiger partial charge in [0.25, 0.3) is 0 Å². The van der Waals surface area contributed by atoms with Crippen LogP contribution in [-0.2, 0) is 16.1 Å². The van der Waals surface area contributed by atoms with E-state index in [0.29, 0.717) is 0 Å². The fraction of sp³-hybridized carbons (Fsp3) is 0.143. The van der Waals surface area contributed by atoms with Gasteiger partial charge in [-0.3, -0.25) is 9.20 Å². The molecule has 2 heterocycles. The van der Waals surface area contributed by atoms with E-state index in [1.807, 2.05) is 46.3 Å². The van der Waals surface area contributed by atoms with Gasteiger partial charge < -0.3 is 4.74 Å². The number of hydrogen-bond acceptors (Lipinski definition) is 4. The van der Waals surface area contributed by atoms with E-state index in [-0.39, 0.29) is 12.6 Å². The summed E-state index contributed by atoms with van der Waals surface area (Å²) >= 11 is 1.56. The minimum absolute atomic E-state index is 0.234. The molecule has 3 aromatic rings. The van der Waals surface area contributed by atoms with E-state index < -0.39 is 0 Å². The van der Waals surface area contributed by atoms with Crippen molar-refractivity contribution in [2.75, 3.05) is 0 Å². The molecule has 0 saturated carbocycles. The number of thiazole rings is 1. The third-order valence-electron chi connectivity index (χ3n) is 2.82. The molecule has 0 fully saturated rings. The fourth-order valence-corrected chi connectivity index (χ4v) is 2.70. The maximum Gasteiger partial charge on any atom is 0.303 e. The van der Waals surface area contributed by atoms with E-state index in [1.165, 1.54) is 6.92 Å². The molecule has 0 aliphatic rings. The number of carbonyl (C=O) groups is 1. The number of fused-ring (bicyclic) bond motifs is 1. The average Bonchev–Trinajstić information content (AvgIpc) is 2.98. The molecule has 0 aliphatic heterocycles. The number of esters is 1. The quantitative estimate of drug-likeness (QED) is 0.688. The molecule has 0 unspecified atom stereocenters. The number of hydrogen-bond donors (Lipinski definition) is 0. The molecule has 0 atom stereocenters. The minimum atomic E-state index is -0.288. The van der Waals surface area contributed by atoms with Crippen LogP contribution >= 0.6 is 11.3 Å². The predicted octanol–water partition coefficient (Wildman–Crippen LogP) is 3.13. The summed E-state index contributed by atoms with van der Waals surface area (Å²) in [4.78, 5) is 16.5. The van der Waals surface area contributed by atoms with Crippen molar-refractivity contribution in [3.63, 3.8) is 0 Å². The lowest BCUT2D eigenvalue weighted by Crippen LogP contribution is -2.02. The zero-order chi connectivity index (χ0) is 13.2. The van der Waals surface area contributed by atoms with Crippen LogP contribution in [0.3, 0.4) is 0 Å². The molecule has 0 N–H and O–H groups in total. The van der Waals surface area contributed by atoms with Crippen molar-refractivity contribution in [2.45, 2.75) is 13.5 Å². The topological polar surface area (TPSA) is 43.6 Å². The molecule has 0 saturated heterocycles. The summed E-state index contributed by atoms with van der Waals surface area (Å²) in [5, 5.41) is 1.97. The highest BCUT2D eigenvalue weighted by Gasteiger charge is 2.15. The van der Waals surface area contributed by atoms with E-state index in [1.54, 1.807) is 11.3 Å². The lowest BCUT2D eigenvalue weighted by Gasteiger charge is -2.04. The summed E-state index contributed by atoms with van der Waals surface area (Å²) in [5.41, 5.74) is 2.80. The van der Waals surface area contributed by atoms with Gasteiger partial charge in [0.2, 0.25) is 0 Å². The SMILES string of the molecule is CC(=O)OCc1c(-c2ccccc2)nc2sccn12. The van der Waals surface area contributed by atoms with Crippen molar-refractivity contribution in [1.29, 1.82) is 0 Å². The first-order valence-electron chi connectivity index (χ1n) is 5.89. The van der Waals surface area contributed by atoms with Gasteiger partial charge in [-0.25, -0.2) is 4.98 Å². The highest BCUT2D eigenvalue weighted by Crippen LogP contribution is 2.27. The molecule has 2 aromatic heterocycles. The molecule has 0 amide bonds. The van der Waals surface area contributed by atoms with Gasteiger partial charge in [0.05, 0.1) is 11.4 Å². The zero-order valence-corrected chi connectivity index (χ0v) is 11.2. The van der Waals surface area contributed by atoms with Crippen LogP contribution in [0.4, 0.5) is 0 Å². The van der Waals surface area contributed by atoms with Crippen LogP contribution in [-0.4, -0.2) is 15.4 Å². The number of nitrogens with zero attached hydrogens (tertiary/aromatic N) is 2. The van der Waals surface area contributed by atoms with Crippen LogP contribution in [0.5, 0.6) is 0 Å². The molecular formula is C14H12N2O2S. The van der Waals surface area contributed by atoms with E-state index in [4.69, 9.17) is 4.74 Å². The molecule has 1 aromatic carbocycles. The van der Waals surface area contributed by atoms with Crippen molar-refractivity contribution >= 4 is 22.3 Å². The van der Waals surface area contributed by atoms with Crippen molar-refractivity contribution in [2.24, 2.45) is 0 Å². The number of aromatic nitrogens is 2. The van der Waals surface area contributed by atoms with Crippen LogP contribution < -0.4 is 0 Å². The molecule has 0 bridgehead atoms. The van der Waals surface area contributed by atoms with Crippen molar-refractivity contribution in [3.8, 4) is 11.3 Å². The van der Waals surface area contributed by atoms with E-state index >= 15 is 0 Å². The highest BCUT2D eigenvalue weighted by atomic mass is 32.1. The molecule has 3 rings (SSSR count). The maximum atomic E-state index is 11.0. The highest BCUT2D eigenvalue weighted by molar-refractivity contribution is 7.15. The smallest absolute Gasteiger partial charge is 0.303 e. The summed E-state index contributed by atoms with van der Waals surface area (Å²) < 4.78 is 7.10. The van der Waals surface area contributed by atoms with Crippen molar-refractivity contribution in [1.82, 2.24) is 9.38 Å². The molecule has 0 spiro atoms. The minimum Gasteiger partial charge on any atom is -0.459 e. The standard InChI is InChI=1S/C14H12N2O2S/c1-10(17)18-9-12-13(11-5-3-2-4-6-11)15-14-16(12)7-8-19-14/h2-8H,9H2,1H3. The van der Waals surface area contributed by atoms with Gasteiger partial charge in [-0.2, -0.15) is 0 Å². The normalized spacial score (nSPS) is 10.8. The second kappa shape index (κ2) is 4.85. The Labute approximate surface area is 114 Å². The average molecular weight is 272 g/mol. The zero-order valence-electron chi connectivity index (χ0n) is 10.4. The van der Waals surface area contributed by atoms with E-state index in [0.717, 1.165) is 21.9 Å². The van der Waals surface area contributed by atoms with E-state index in [9.17, 15) is 4.79 Å². The summed E-state index contributed by atoms with van der Waals surface area (Å²) in [6, 6.07) is 9.91. The Morgan fingerprint density at radius 2 is 2.16 bits per heavy atom. The van der Waals surface area contributed by atoms with E-state index in [2.05, 4.69) is 4.98 Å². The molecule has 96 valence electrons. The number of carbonyl (C=O) groups excluding carboxylic acids is 1. The van der Waals surface area contributed by atoms with Gasteiger partial charge in [-0.1, -0.05) is 30.3 Å². The van der Waals surface area contributed by atoms with Gasteiger partial charge in [0, 0.05) is 24.1 Å². The molecule has 5 heteroatoms. The number of benzene rings is 1. The Morgan fingerprint density at radius 3 is 2.89 bits per heavy atom. The van der Waals surface area contributed by atoms with Crippen LogP contribution in [0.15, 0.2) is 41.9 Å². The Hall–Kier alpha value is -2.14. The third-order valence-corrected chi connectivity index (χ3v) is 3.58. The Bertz CT molecular complexity index is 715. The van der Waals surface area contributed by atoms with Crippen LogP contribution in [0.2, 0.25) is 0 Å². The summed E-state index contributed by atoms with van der Waals surface area (Å²) in [6.45, 7) is 1.64. The monoisotopic (exact) mass is 272 g/mol. The van der Waals surface area contributed by atoms with Gasteiger partial charge in [0.15, 0.2) is 4.96 Å². The van der Waals surface area contributed by atoms with Gasteiger partial charge >= 0.3 is 5.97 Å². The second-order valence-electron chi connectivity index (χ2n) is 4.11. The largest absolute Gasteiger partial charge is 0.459 e. The second-order valence-corrected chi connectivity index (χ2v) is 4.98. The number of imidazole rings is 1. The Kier molecular flexibility index (Phi) is 3.05. The number of rotatable bonds is 3. The van der Waals surface area contributed by atoms with Crippen molar-refractivity contribution in [3.05, 3.63) is 47.6 Å². The summed E-state index contributed by atoms with van der Waals surface area (Å²) in [7, 11) is 0. The van der Waals surface area contributed by atoms with Gasteiger partial charge in [0.1, 0.15) is 6.61 Å². The van der Waals surface area contributed by atoms with Crippen LogP contribution in [0.1, 0.15) is 12.6 Å². The first-order chi connectivity index (χ1) is 9.25. The van der Waals surface area contributed by atoms with Crippen molar-refractivity contribution < 1.29 is 9.53 Å². The molecule has 19 heavy (non-hydrogen) atoms. The lowest BCUT2D eigenvalue weighted by atomic mass is 10.1. The molecule has 0 radical (unpaired) electrons. The molecule has 4 nitrogen and oxygen atoms in total. The Morgan fingerprint density at radius 1 is 1.37 bits per heavy atom. The molecular weight excluding hydrogens is 260 g/mol. The first kappa shape index (κ1) is 11.9. The third kappa shape index (κ3) is 2.24. The number of ether oxygens (including phenoxy) is 1. The summed E-state index contributed by atoms with van der Waals surface area (Å²) in [5.74, 6) is -0.288. The van der Waals surface area contributed by atoms with Crippen LogP contribution in [0.25, 0.3) is 16.2 Å². The lowest BCUT2D eigenvalue weighted by molar-refractivity contribution is -0.142. The first-order valence-corrected chi connectivity index (χ1v) is 6.77. The van der Waals surface area contributed by atoms with Gasteiger partial charge in [-0.05, 0) is 0 Å². The summed E-state index contributed by atoms with van der Waals surface area (Å²) in [6.07, 6.45) is 1.94. The Balaban J connectivity index is 2.10. The maximum absolute atomic E-state index is 11.0. The molecule has 0 aliphatic carbocycles. The van der Waals surface area contributed by atoms with Crippen LogP contribution in [0, 0.1) is 0 Å². The predicted molar refractivity (Wildman–Crippen MR) is 74.0 cm³/mol. The van der Waals surface area contributed by atoms with Gasteiger partial charge in [-0.15, -0.1) is 11.3 Å². The fourth-order valence-electron chi connectivity index (χ4n) is 1.97.